The molecule has 1 aromatic heterocycles. The minimum absolute atomic E-state index is 0.0193. The van der Waals surface area contributed by atoms with Crippen LogP contribution >= 0.6 is 11.6 Å². The summed E-state index contributed by atoms with van der Waals surface area (Å²) in [4.78, 5) is 12.7. The summed E-state index contributed by atoms with van der Waals surface area (Å²) >= 11 is 6.13. The van der Waals surface area contributed by atoms with Crippen LogP contribution in [0.5, 0.6) is 0 Å². The Labute approximate surface area is 118 Å². The summed E-state index contributed by atoms with van der Waals surface area (Å²) in [6.07, 6.45) is 4.52. The summed E-state index contributed by atoms with van der Waals surface area (Å²) in [5.74, 6) is 0.0193. The molecule has 19 heavy (non-hydrogen) atoms. The number of halogens is 1. The quantitative estimate of drug-likeness (QED) is 0.840. The Kier molecular flexibility index (Phi) is 4.60. The van der Waals surface area contributed by atoms with Crippen molar-refractivity contribution >= 4 is 17.4 Å². The number of hydrogen-bond acceptors (Lipinski definition) is 4. The van der Waals surface area contributed by atoms with Gasteiger partial charge in [0.2, 0.25) is 5.78 Å². The lowest BCUT2D eigenvalue weighted by Crippen LogP contribution is -2.52. The van der Waals surface area contributed by atoms with Crippen molar-refractivity contribution in [2.24, 2.45) is 0 Å². The number of rotatable bonds is 5. The van der Waals surface area contributed by atoms with Gasteiger partial charge in [-0.25, -0.2) is 0 Å². The first-order valence-corrected chi connectivity index (χ1v) is 6.96. The number of piperidine rings is 1. The normalized spacial score (nSPS) is 23.5. The molecule has 1 unspecified atom stereocenters. The van der Waals surface area contributed by atoms with E-state index in [0.29, 0.717) is 23.9 Å². The van der Waals surface area contributed by atoms with Crippen molar-refractivity contribution in [1.29, 1.82) is 0 Å². The van der Waals surface area contributed by atoms with Crippen molar-refractivity contribution in [3.05, 3.63) is 16.9 Å². The summed E-state index contributed by atoms with van der Waals surface area (Å²) in [5.41, 5.74) is -0.0529. The van der Waals surface area contributed by atoms with Crippen molar-refractivity contribution in [3.63, 3.8) is 0 Å². The van der Waals surface area contributed by atoms with Crippen LogP contribution in [0.15, 0.2) is 6.20 Å². The predicted octanol–water partition coefficient (Wildman–Crippen LogP) is 1.90. The zero-order chi connectivity index (χ0) is 13.9. The van der Waals surface area contributed by atoms with Gasteiger partial charge in [-0.2, -0.15) is 5.10 Å². The molecule has 106 valence electrons. The van der Waals surface area contributed by atoms with E-state index in [2.05, 4.69) is 10.4 Å². The smallest absolute Gasteiger partial charge is 0.202 e. The molecule has 0 saturated carbocycles. The molecule has 1 saturated heterocycles. The van der Waals surface area contributed by atoms with Crippen LogP contribution in [0.4, 0.5) is 0 Å². The van der Waals surface area contributed by atoms with Crippen molar-refractivity contribution in [2.75, 3.05) is 20.3 Å². The number of carbonyl (C=O) groups excluding carboxylic acids is 1. The van der Waals surface area contributed by atoms with Gasteiger partial charge >= 0.3 is 0 Å². The number of methoxy groups -OCH3 is 1. The number of hydrogen-bond donors (Lipinski definition) is 1. The van der Waals surface area contributed by atoms with Gasteiger partial charge in [0, 0.05) is 7.11 Å². The monoisotopic (exact) mass is 285 g/mol. The van der Waals surface area contributed by atoms with E-state index < -0.39 is 5.54 Å². The van der Waals surface area contributed by atoms with Gasteiger partial charge in [-0.1, -0.05) is 11.6 Å². The maximum atomic E-state index is 12.7. The highest BCUT2D eigenvalue weighted by molar-refractivity contribution is 6.34. The summed E-state index contributed by atoms with van der Waals surface area (Å²) in [6.45, 7) is 3.84. The van der Waals surface area contributed by atoms with Gasteiger partial charge in [0.25, 0.3) is 0 Å². The highest BCUT2D eigenvalue weighted by atomic mass is 35.5. The number of nitrogens with one attached hydrogen (secondary N) is 1. The Balaban J connectivity index is 2.24. The zero-order valence-corrected chi connectivity index (χ0v) is 12.2. The van der Waals surface area contributed by atoms with Gasteiger partial charge in [0.05, 0.1) is 29.9 Å². The first-order chi connectivity index (χ1) is 9.08. The third kappa shape index (κ3) is 2.99. The van der Waals surface area contributed by atoms with Crippen LogP contribution < -0.4 is 5.32 Å². The largest absolute Gasteiger partial charge is 0.383 e. The lowest BCUT2D eigenvalue weighted by Gasteiger charge is -2.33. The number of nitrogens with zero attached hydrogens (tertiary/aromatic N) is 2. The molecule has 1 aliphatic rings. The molecular weight excluding hydrogens is 266 g/mol. The van der Waals surface area contributed by atoms with E-state index in [9.17, 15) is 4.79 Å². The van der Waals surface area contributed by atoms with Crippen LogP contribution in [0, 0.1) is 0 Å². The van der Waals surface area contributed by atoms with E-state index >= 15 is 0 Å². The minimum Gasteiger partial charge on any atom is -0.383 e. The zero-order valence-electron chi connectivity index (χ0n) is 11.4. The molecule has 1 fully saturated rings. The fraction of sp³-hybridized carbons (Fsp3) is 0.692. The molecule has 1 atom stereocenters. The fourth-order valence-electron chi connectivity index (χ4n) is 2.45. The van der Waals surface area contributed by atoms with E-state index in [1.54, 1.807) is 11.8 Å². The summed E-state index contributed by atoms with van der Waals surface area (Å²) in [7, 11) is 1.62. The number of carbonyl (C=O) groups is 1. The third-order valence-electron chi connectivity index (χ3n) is 3.64. The van der Waals surface area contributed by atoms with Crippen LogP contribution in [-0.2, 0) is 11.3 Å². The second-order valence-corrected chi connectivity index (χ2v) is 5.51. The number of aromatic nitrogens is 2. The minimum atomic E-state index is -0.535. The van der Waals surface area contributed by atoms with E-state index in [-0.39, 0.29) is 5.78 Å². The standard InChI is InChI=1S/C13H20ClN3O2/c1-13(5-3-4-6-15-13)12(18)11-10(14)9-16-17(11)7-8-19-2/h9,15H,3-8H2,1-2H3. The molecule has 5 nitrogen and oxygen atoms in total. The Morgan fingerprint density at radius 3 is 3.05 bits per heavy atom. The number of ketones is 1. The Morgan fingerprint density at radius 1 is 1.63 bits per heavy atom. The van der Waals surface area contributed by atoms with E-state index in [0.717, 1.165) is 25.8 Å². The van der Waals surface area contributed by atoms with Gasteiger partial charge in [-0.15, -0.1) is 0 Å². The number of Topliss-reactive ketones (excluding diaryl/α,β-unsaturated/α-hetero) is 1. The van der Waals surface area contributed by atoms with Crippen molar-refractivity contribution in [2.45, 2.75) is 38.3 Å². The average Bonchev–Trinajstić information content (AvgIpc) is 2.77. The maximum Gasteiger partial charge on any atom is 0.202 e. The third-order valence-corrected chi connectivity index (χ3v) is 3.91. The highest BCUT2D eigenvalue weighted by Crippen LogP contribution is 2.27. The first-order valence-electron chi connectivity index (χ1n) is 6.58. The molecule has 0 aliphatic carbocycles. The Bertz CT molecular complexity index is 453. The molecule has 1 aliphatic heterocycles. The summed E-state index contributed by atoms with van der Waals surface area (Å²) in [6, 6.07) is 0. The SMILES string of the molecule is COCCn1ncc(Cl)c1C(=O)C1(C)CCCCN1. The maximum absolute atomic E-state index is 12.7. The topological polar surface area (TPSA) is 56.2 Å². The molecule has 6 heteroatoms. The highest BCUT2D eigenvalue weighted by Gasteiger charge is 2.37. The molecule has 2 rings (SSSR count). The second kappa shape index (κ2) is 6.03. The van der Waals surface area contributed by atoms with Gasteiger partial charge in [0.1, 0.15) is 5.69 Å². The number of ether oxygens (including phenoxy) is 1. The van der Waals surface area contributed by atoms with Crippen molar-refractivity contribution < 1.29 is 9.53 Å². The first kappa shape index (κ1) is 14.5. The molecule has 0 aromatic carbocycles. The molecule has 1 N–H and O–H groups in total. The van der Waals surface area contributed by atoms with Gasteiger partial charge in [-0.3, -0.25) is 9.48 Å². The van der Waals surface area contributed by atoms with Crippen LogP contribution in [0.3, 0.4) is 0 Å². The summed E-state index contributed by atoms with van der Waals surface area (Å²) < 4.78 is 6.66. The molecule has 0 bridgehead atoms. The predicted molar refractivity (Wildman–Crippen MR) is 73.7 cm³/mol. The molecule has 0 spiro atoms. The van der Waals surface area contributed by atoms with Crippen LogP contribution in [0.1, 0.15) is 36.7 Å². The van der Waals surface area contributed by atoms with Gasteiger partial charge in [-0.05, 0) is 32.7 Å². The molecule has 1 aromatic rings. The second-order valence-electron chi connectivity index (χ2n) is 5.10. The van der Waals surface area contributed by atoms with E-state index in [1.165, 1.54) is 6.20 Å². The van der Waals surface area contributed by atoms with Crippen LogP contribution in [0.2, 0.25) is 5.02 Å². The Hall–Kier alpha value is -0.910. The van der Waals surface area contributed by atoms with E-state index in [4.69, 9.17) is 16.3 Å². The Morgan fingerprint density at radius 2 is 2.42 bits per heavy atom. The lowest BCUT2D eigenvalue weighted by atomic mass is 9.85. The molecule has 0 amide bonds. The molecule has 0 radical (unpaired) electrons. The van der Waals surface area contributed by atoms with Crippen LogP contribution in [-0.4, -0.2) is 41.4 Å². The fourth-order valence-corrected chi connectivity index (χ4v) is 2.67. The summed E-state index contributed by atoms with van der Waals surface area (Å²) in [5, 5.41) is 7.88. The lowest BCUT2D eigenvalue weighted by molar-refractivity contribution is 0.0820. The van der Waals surface area contributed by atoms with Gasteiger partial charge < -0.3 is 10.1 Å². The molecular formula is C13H20ClN3O2. The molecule has 2 heterocycles. The average molecular weight is 286 g/mol. The van der Waals surface area contributed by atoms with Gasteiger partial charge in [0.15, 0.2) is 0 Å². The van der Waals surface area contributed by atoms with E-state index in [1.807, 2.05) is 6.92 Å². The van der Waals surface area contributed by atoms with Crippen molar-refractivity contribution in [3.8, 4) is 0 Å². The van der Waals surface area contributed by atoms with Crippen LogP contribution in [0.25, 0.3) is 0 Å². The van der Waals surface area contributed by atoms with Crippen molar-refractivity contribution in [1.82, 2.24) is 15.1 Å².